The largest absolute Gasteiger partial charge is 0.333 e. The molecule has 3 aromatic rings. The van der Waals surface area contributed by atoms with E-state index in [4.69, 9.17) is 11.6 Å². The van der Waals surface area contributed by atoms with E-state index in [9.17, 15) is 9.59 Å². The van der Waals surface area contributed by atoms with Crippen LogP contribution < -0.4 is 10.9 Å². The van der Waals surface area contributed by atoms with Crippen LogP contribution in [0.15, 0.2) is 53.3 Å². The fourth-order valence-electron chi connectivity index (χ4n) is 3.77. The predicted octanol–water partition coefficient (Wildman–Crippen LogP) is 2.72. The zero-order valence-electron chi connectivity index (χ0n) is 16.0. The molecule has 1 unspecified atom stereocenters. The number of fused-ring (bicyclic) bond motifs is 1. The molecule has 1 aromatic heterocycles. The maximum atomic E-state index is 13.2. The Labute approximate surface area is 179 Å². The lowest BCUT2D eigenvalue weighted by Gasteiger charge is -2.36. The van der Waals surface area contributed by atoms with Crippen LogP contribution in [0, 0.1) is 0 Å². The number of piperazine rings is 1. The van der Waals surface area contributed by atoms with Crippen LogP contribution in [0.1, 0.15) is 17.3 Å². The smallest absolute Gasteiger partial charge is 0.274 e. The lowest BCUT2D eigenvalue weighted by molar-refractivity contribution is -0.133. The fraction of sp³-hybridized carbons (Fsp3) is 0.286. The number of carbonyl (C=O) groups excluding carboxylic acids is 1. The van der Waals surface area contributed by atoms with Crippen molar-refractivity contribution in [3.63, 3.8) is 0 Å². The molecule has 1 N–H and O–H groups in total. The minimum absolute atomic E-state index is 0. The number of nitrogens with zero attached hydrogens (tertiary/aromatic N) is 3. The lowest BCUT2D eigenvalue weighted by atomic mass is 10.0. The first-order chi connectivity index (χ1) is 13.5. The fourth-order valence-corrected chi connectivity index (χ4v) is 3.96. The van der Waals surface area contributed by atoms with Gasteiger partial charge in [-0.3, -0.25) is 9.59 Å². The Morgan fingerprint density at radius 2 is 1.97 bits per heavy atom. The molecule has 2 heterocycles. The number of aryl methyl sites for hydroxylation is 1. The number of halogens is 2. The van der Waals surface area contributed by atoms with E-state index >= 15 is 0 Å². The van der Waals surface area contributed by atoms with Crippen molar-refractivity contribution in [1.29, 1.82) is 0 Å². The molecule has 1 aliphatic heterocycles. The van der Waals surface area contributed by atoms with Crippen LogP contribution in [0.2, 0.25) is 5.02 Å². The van der Waals surface area contributed by atoms with Gasteiger partial charge in [0, 0.05) is 37.1 Å². The van der Waals surface area contributed by atoms with E-state index < -0.39 is 0 Å². The van der Waals surface area contributed by atoms with E-state index in [2.05, 4.69) is 10.4 Å². The quantitative estimate of drug-likeness (QED) is 0.690. The van der Waals surface area contributed by atoms with Crippen LogP contribution in [0.4, 0.5) is 0 Å². The Morgan fingerprint density at radius 3 is 2.72 bits per heavy atom. The Balaban J connectivity index is 0.00000240. The number of amides is 1. The molecule has 0 spiro atoms. The number of hydrogen-bond donors (Lipinski definition) is 1. The molecular formula is C21H22Cl2N4O2. The summed E-state index contributed by atoms with van der Waals surface area (Å²) in [6.07, 6.45) is 0.145. The highest BCUT2D eigenvalue weighted by atomic mass is 35.5. The summed E-state index contributed by atoms with van der Waals surface area (Å²) in [4.78, 5) is 27.4. The summed E-state index contributed by atoms with van der Waals surface area (Å²) in [5.74, 6) is -0.0113. The first-order valence-electron chi connectivity index (χ1n) is 9.25. The third-order valence-corrected chi connectivity index (χ3v) is 5.38. The van der Waals surface area contributed by atoms with Crippen LogP contribution >= 0.6 is 24.0 Å². The van der Waals surface area contributed by atoms with Crippen LogP contribution in [0.5, 0.6) is 0 Å². The molecule has 0 aliphatic carbocycles. The molecule has 1 aliphatic rings. The van der Waals surface area contributed by atoms with E-state index in [0.29, 0.717) is 29.2 Å². The van der Waals surface area contributed by atoms with Gasteiger partial charge < -0.3 is 10.2 Å². The van der Waals surface area contributed by atoms with Gasteiger partial charge in [-0.1, -0.05) is 41.9 Å². The van der Waals surface area contributed by atoms with Gasteiger partial charge in [-0.05, 0) is 23.8 Å². The zero-order valence-corrected chi connectivity index (χ0v) is 17.5. The molecule has 1 fully saturated rings. The van der Waals surface area contributed by atoms with Crippen LogP contribution in [-0.2, 0) is 18.3 Å². The second-order valence-corrected chi connectivity index (χ2v) is 7.40. The van der Waals surface area contributed by atoms with E-state index in [-0.39, 0.29) is 36.3 Å². The summed E-state index contributed by atoms with van der Waals surface area (Å²) in [5.41, 5.74) is 1.46. The number of hydrogen-bond acceptors (Lipinski definition) is 4. The van der Waals surface area contributed by atoms with Gasteiger partial charge in [0.2, 0.25) is 5.91 Å². The topological polar surface area (TPSA) is 67.2 Å². The van der Waals surface area contributed by atoms with Gasteiger partial charge in [0.1, 0.15) is 0 Å². The summed E-state index contributed by atoms with van der Waals surface area (Å²) in [6.45, 7) is 2.03. The van der Waals surface area contributed by atoms with Crippen LogP contribution in [0.3, 0.4) is 0 Å². The molecule has 8 heteroatoms. The average Bonchev–Trinajstić information content (AvgIpc) is 2.72. The van der Waals surface area contributed by atoms with E-state index in [1.54, 1.807) is 13.1 Å². The maximum Gasteiger partial charge on any atom is 0.274 e. The third kappa shape index (κ3) is 4.29. The number of carbonyl (C=O) groups is 1. The monoisotopic (exact) mass is 432 g/mol. The molecule has 0 radical (unpaired) electrons. The molecule has 2 aromatic carbocycles. The Hall–Kier alpha value is -2.41. The number of rotatable bonds is 3. The molecule has 0 saturated carbocycles. The number of nitrogens with one attached hydrogen (secondary N) is 1. The summed E-state index contributed by atoms with van der Waals surface area (Å²) in [6, 6.07) is 14.8. The van der Waals surface area contributed by atoms with Gasteiger partial charge >= 0.3 is 0 Å². The standard InChI is InChI=1S/C21H21ClN4O2.ClH/c1-25-21(28)17-8-3-2-7-16(17)18(24-25)12-20(27)26-10-9-23-13-19(26)14-5-4-6-15(22)11-14;/h2-8,11,19,23H,9-10,12-13H2,1H3;1H. The summed E-state index contributed by atoms with van der Waals surface area (Å²) >= 11 is 6.15. The van der Waals surface area contributed by atoms with Crippen LogP contribution in [0.25, 0.3) is 10.8 Å². The highest BCUT2D eigenvalue weighted by Gasteiger charge is 2.28. The predicted molar refractivity (Wildman–Crippen MR) is 117 cm³/mol. The van der Waals surface area contributed by atoms with Gasteiger partial charge in [-0.25, -0.2) is 4.68 Å². The number of aromatic nitrogens is 2. The van der Waals surface area contributed by atoms with E-state index in [0.717, 1.165) is 17.5 Å². The van der Waals surface area contributed by atoms with E-state index in [1.165, 1.54) is 4.68 Å². The molecule has 4 rings (SSSR count). The van der Waals surface area contributed by atoms with Gasteiger partial charge in [0.15, 0.2) is 0 Å². The second kappa shape index (κ2) is 8.95. The van der Waals surface area contributed by atoms with Crippen molar-refractivity contribution in [3.8, 4) is 0 Å². The normalized spacial score (nSPS) is 16.5. The van der Waals surface area contributed by atoms with Crippen LogP contribution in [-0.4, -0.2) is 40.2 Å². The highest BCUT2D eigenvalue weighted by Crippen LogP contribution is 2.26. The second-order valence-electron chi connectivity index (χ2n) is 6.96. The SMILES string of the molecule is Cl.Cn1nc(CC(=O)N2CCNCC2c2cccc(Cl)c2)c2ccccc2c1=O. The summed E-state index contributed by atoms with van der Waals surface area (Å²) in [7, 11) is 1.61. The molecular weight excluding hydrogens is 411 g/mol. The van der Waals surface area contributed by atoms with Crippen molar-refractivity contribution in [2.75, 3.05) is 19.6 Å². The first-order valence-corrected chi connectivity index (χ1v) is 9.63. The Kier molecular flexibility index (Phi) is 6.57. The van der Waals surface area contributed by atoms with Crippen molar-refractivity contribution in [2.45, 2.75) is 12.5 Å². The van der Waals surface area contributed by atoms with E-state index in [1.807, 2.05) is 47.4 Å². The molecule has 6 nitrogen and oxygen atoms in total. The summed E-state index contributed by atoms with van der Waals surface area (Å²) in [5, 5.41) is 9.68. The third-order valence-electron chi connectivity index (χ3n) is 5.15. The first kappa shape index (κ1) is 21.3. The minimum Gasteiger partial charge on any atom is -0.333 e. The zero-order chi connectivity index (χ0) is 19.7. The summed E-state index contributed by atoms with van der Waals surface area (Å²) < 4.78 is 1.30. The molecule has 1 amide bonds. The van der Waals surface area contributed by atoms with Gasteiger partial charge in [0.05, 0.1) is 23.5 Å². The molecule has 1 saturated heterocycles. The lowest BCUT2D eigenvalue weighted by Crippen LogP contribution is -2.49. The van der Waals surface area contributed by atoms with Crippen molar-refractivity contribution < 1.29 is 4.79 Å². The minimum atomic E-state index is -0.161. The molecule has 0 bridgehead atoms. The van der Waals surface area contributed by atoms with Crippen molar-refractivity contribution in [1.82, 2.24) is 20.0 Å². The molecule has 152 valence electrons. The number of benzene rings is 2. The Bertz CT molecular complexity index is 1100. The van der Waals surface area contributed by atoms with Gasteiger partial charge in [-0.15, -0.1) is 12.4 Å². The Morgan fingerprint density at radius 1 is 1.21 bits per heavy atom. The highest BCUT2D eigenvalue weighted by molar-refractivity contribution is 6.30. The molecule has 1 atom stereocenters. The maximum absolute atomic E-state index is 13.2. The average molecular weight is 433 g/mol. The van der Waals surface area contributed by atoms with Gasteiger partial charge in [-0.2, -0.15) is 5.10 Å². The molecule has 29 heavy (non-hydrogen) atoms. The van der Waals surface area contributed by atoms with Crippen molar-refractivity contribution in [2.24, 2.45) is 7.05 Å². The van der Waals surface area contributed by atoms with Crippen molar-refractivity contribution in [3.05, 3.63) is 75.2 Å². The van der Waals surface area contributed by atoms with Gasteiger partial charge in [0.25, 0.3) is 5.56 Å². The van der Waals surface area contributed by atoms with Crippen molar-refractivity contribution >= 4 is 40.7 Å².